The Bertz CT molecular complexity index is 1160. The zero-order valence-electron chi connectivity index (χ0n) is 19.0. The lowest BCUT2D eigenvalue weighted by molar-refractivity contribution is -0.159. The number of hydrogen-bond acceptors (Lipinski definition) is 9. The molecule has 0 radical (unpaired) electrons. The van der Waals surface area contributed by atoms with Gasteiger partial charge < -0.3 is 25.2 Å². The third-order valence-corrected chi connectivity index (χ3v) is 7.33. The van der Waals surface area contributed by atoms with E-state index in [-0.39, 0.29) is 23.3 Å². The number of Topliss-reactive ketones (excluding diaryl/α,β-unsaturated/α-hetero) is 3. The Morgan fingerprint density at radius 2 is 1.82 bits per heavy atom. The van der Waals surface area contributed by atoms with Crippen molar-refractivity contribution in [3.8, 4) is 5.75 Å². The van der Waals surface area contributed by atoms with Crippen LogP contribution < -0.4 is 4.74 Å². The third-order valence-electron chi connectivity index (χ3n) is 7.33. The van der Waals surface area contributed by atoms with E-state index in [2.05, 4.69) is 0 Å². The van der Waals surface area contributed by atoms with E-state index < -0.39 is 63.5 Å². The number of methoxy groups -OCH3 is 1. The molecule has 1 aromatic carbocycles. The number of ketones is 3. The van der Waals surface area contributed by atoms with Crippen LogP contribution in [0.4, 0.5) is 0 Å². The molecule has 1 saturated carbocycles. The molecule has 0 spiro atoms. The van der Waals surface area contributed by atoms with Crippen LogP contribution >= 0.6 is 0 Å². The van der Waals surface area contributed by atoms with E-state index in [1.54, 1.807) is 32.3 Å². The predicted molar refractivity (Wildman–Crippen MR) is 116 cm³/mol. The number of aliphatic hydroxyl groups is 4. The van der Waals surface area contributed by atoms with Crippen LogP contribution in [-0.4, -0.2) is 75.5 Å². The number of likely N-dealkylation sites (N-methyl/N-ethyl adjacent to an activating group) is 1. The predicted octanol–water partition coefficient (Wildman–Crippen LogP) is 1.04. The minimum Gasteiger partial charge on any atom is -0.508 e. The zero-order valence-corrected chi connectivity index (χ0v) is 19.0. The van der Waals surface area contributed by atoms with Crippen molar-refractivity contribution in [1.29, 1.82) is 0 Å². The molecule has 0 saturated heterocycles. The van der Waals surface area contributed by atoms with Crippen molar-refractivity contribution in [2.24, 2.45) is 11.8 Å². The molecule has 4 N–H and O–H groups in total. The molecule has 176 valence electrons. The summed E-state index contributed by atoms with van der Waals surface area (Å²) in [5, 5.41) is 45.3. The SMILES string of the molecule is COc1cccc2c1C(O)=C1C(=O)C3(O)C(O)=C(C(C)=O)C(=O)C(N(C)C)C3CC1C2(C)O. The van der Waals surface area contributed by atoms with E-state index >= 15 is 0 Å². The maximum atomic E-state index is 13.8. The minimum atomic E-state index is -2.63. The quantitative estimate of drug-likeness (QED) is 0.489. The molecule has 0 bridgehead atoms. The first-order chi connectivity index (χ1) is 15.3. The maximum Gasteiger partial charge on any atom is 0.202 e. The molecular formula is C24H27NO8. The van der Waals surface area contributed by atoms with Crippen molar-refractivity contribution in [1.82, 2.24) is 4.90 Å². The number of rotatable bonds is 3. The summed E-state index contributed by atoms with van der Waals surface area (Å²) in [7, 11) is 4.51. The number of fused-ring (bicyclic) bond motifs is 3. The second-order valence-corrected chi connectivity index (χ2v) is 9.34. The summed E-state index contributed by atoms with van der Waals surface area (Å²) in [6.45, 7) is 2.56. The molecule has 0 heterocycles. The van der Waals surface area contributed by atoms with Gasteiger partial charge in [-0.1, -0.05) is 12.1 Å². The lowest BCUT2D eigenvalue weighted by Gasteiger charge is -2.53. The topological polar surface area (TPSA) is 145 Å². The highest BCUT2D eigenvalue weighted by molar-refractivity contribution is 6.25. The van der Waals surface area contributed by atoms with Gasteiger partial charge in [-0.2, -0.15) is 0 Å². The molecule has 5 atom stereocenters. The van der Waals surface area contributed by atoms with E-state index in [4.69, 9.17) is 4.74 Å². The third kappa shape index (κ3) is 2.79. The van der Waals surface area contributed by atoms with Crippen LogP contribution in [-0.2, 0) is 20.0 Å². The number of benzene rings is 1. The van der Waals surface area contributed by atoms with E-state index in [9.17, 15) is 34.8 Å². The summed E-state index contributed by atoms with van der Waals surface area (Å²) >= 11 is 0. The highest BCUT2D eigenvalue weighted by Gasteiger charge is 2.66. The van der Waals surface area contributed by atoms with Gasteiger partial charge in [0.2, 0.25) is 5.78 Å². The molecule has 9 heteroatoms. The molecule has 33 heavy (non-hydrogen) atoms. The molecule has 9 nitrogen and oxygen atoms in total. The summed E-state index contributed by atoms with van der Waals surface area (Å²) in [4.78, 5) is 40.7. The molecule has 3 aliphatic carbocycles. The highest BCUT2D eigenvalue weighted by atomic mass is 16.5. The van der Waals surface area contributed by atoms with Gasteiger partial charge >= 0.3 is 0 Å². The average molecular weight is 457 g/mol. The van der Waals surface area contributed by atoms with Crippen LogP contribution in [0.15, 0.2) is 35.1 Å². The number of nitrogens with zero attached hydrogens (tertiary/aromatic N) is 1. The summed E-state index contributed by atoms with van der Waals surface area (Å²) in [6, 6.07) is 3.70. The monoisotopic (exact) mass is 457 g/mol. The van der Waals surface area contributed by atoms with Crippen LogP contribution in [0.2, 0.25) is 0 Å². The average Bonchev–Trinajstić information content (AvgIpc) is 2.73. The Balaban J connectivity index is 2.05. The summed E-state index contributed by atoms with van der Waals surface area (Å²) < 4.78 is 5.32. The fourth-order valence-electron chi connectivity index (χ4n) is 5.76. The van der Waals surface area contributed by atoms with Crippen molar-refractivity contribution in [2.75, 3.05) is 21.2 Å². The Kier molecular flexibility index (Phi) is 5.08. The Hall–Kier alpha value is -3.01. The van der Waals surface area contributed by atoms with Crippen LogP contribution in [0.3, 0.4) is 0 Å². The maximum absolute atomic E-state index is 13.8. The van der Waals surface area contributed by atoms with E-state index in [0.717, 1.165) is 6.92 Å². The van der Waals surface area contributed by atoms with E-state index in [1.807, 2.05) is 0 Å². The largest absolute Gasteiger partial charge is 0.508 e. The fraction of sp³-hybridized carbons (Fsp3) is 0.458. The van der Waals surface area contributed by atoms with Gasteiger partial charge in [-0.3, -0.25) is 19.3 Å². The second kappa shape index (κ2) is 7.24. The van der Waals surface area contributed by atoms with Crippen molar-refractivity contribution in [3.63, 3.8) is 0 Å². The molecule has 3 aliphatic rings. The first-order valence-electron chi connectivity index (χ1n) is 10.6. The first kappa shape index (κ1) is 23.2. The van der Waals surface area contributed by atoms with Gasteiger partial charge in [0.25, 0.3) is 0 Å². The van der Waals surface area contributed by atoms with Gasteiger partial charge in [-0.15, -0.1) is 0 Å². The number of carbonyl (C=O) groups is 3. The minimum absolute atomic E-state index is 0.109. The summed E-state index contributed by atoms with van der Waals surface area (Å²) in [5.41, 5.74) is -4.77. The van der Waals surface area contributed by atoms with Crippen LogP contribution in [0.5, 0.6) is 5.75 Å². The Morgan fingerprint density at radius 1 is 1.18 bits per heavy atom. The molecule has 1 aromatic rings. The lowest BCUT2D eigenvalue weighted by atomic mass is 9.54. The Morgan fingerprint density at radius 3 is 2.36 bits per heavy atom. The van der Waals surface area contributed by atoms with Gasteiger partial charge in [-0.25, -0.2) is 0 Å². The van der Waals surface area contributed by atoms with Gasteiger partial charge in [-0.05, 0) is 46.0 Å². The zero-order chi connectivity index (χ0) is 24.6. The number of ether oxygens (including phenoxy) is 1. The lowest BCUT2D eigenvalue weighted by Crippen LogP contribution is -2.66. The van der Waals surface area contributed by atoms with Gasteiger partial charge in [0, 0.05) is 17.4 Å². The van der Waals surface area contributed by atoms with Gasteiger partial charge in [0.05, 0.1) is 24.3 Å². The molecule has 5 unspecified atom stereocenters. The van der Waals surface area contributed by atoms with Crippen molar-refractivity contribution < 1.29 is 39.5 Å². The fourth-order valence-corrected chi connectivity index (χ4v) is 5.76. The smallest absolute Gasteiger partial charge is 0.202 e. The molecular weight excluding hydrogens is 430 g/mol. The highest BCUT2D eigenvalue weighted by Crippen LogP contribution is 2.57. The summed E-state index contributed by atoms with van der Waals surface area (Å²) in [5.74, 6) is -5.99. The second-order valence-electron chi connectivity index (χ2n) is 9.34. The Labute approximate surface area is 190 Å². The van der Waals surface area contributed by atoms with Crippen molar-refractivity contribution in [3.05, 3.63) is 46.2 Å². The molecule has 0 aromatic heterocycles. The molecule has 0 amide bonds. The van der Waals surface area contributed by atoms with E-state index in [1.165, 1.54) is 18.9 Å². The molecule has 0 aliphatic heterocycles. The van der Waals surface area contributed by atoms with Gasteiger partial charge in [0.15, 0.2) is 17.2 Å². The normalized spacial score (nSPS) is 33.6. The molecule has 1 fully saturated rings. The van der Waals surface area contributed by atoms with Gasteiger partial charge in [0.1, 0.15) is 22.8 Å². The van der Waals surface area contributed by atoms with Crippen LogP contribution in [0, 0.1) is 11.8 Å². The van der Waals surface area contributed by atoms with Crippen molar-refractivity contribution in [2.45, 2.75) is 37.5 Å². The number of carbonyl (C=O) groups excluding carboxylic acids is 3. The standard InChI is InChI=1S/C24H27NO8/c1-10(26)15-20(28)18(25(3)4)13-9-12-17(22(30)24(13,32)21(15)29)19(27)16-11(23(12,2)31)7-6-8-14(16)33-5/h6-8,12-13,18,27,29,31-32H,9H2,1-5H3. The van der Waals surface area contributed by atoms with Crippen molar-refractivity contribution >= 4 is 23.1 Å². The molecule has 4 rings (SSSR count). The summed E-state index contributed by atoms with van der Waals surface area (Å²) in [6.07, 6.45) is -0.116. The van der Waals surface area contributed by atoms with E-state index in [0.29, 0.717) is 5.56 Å². The van der Waals surface area contributed by atoms with Crippen LogP contribution in [0.25, 0.3) is 5.76 Å². The first-order valence-corrected chi connectivity index (χ1v) is 10.6. The van der Waals surface area contributed by atoms with Crippen LogP contribution in [0.1, 0.15) is 31.4 Å². The number of aliphatic hydroxyl groups excluding tert-OH is 2. The number of hydrogen-bond donors (Lipinski definition) is 4.